The van der Waals surface area contributed by atoms with Crippen molar-refractivity contribution in [2.45, 2.75) is 19.9 Å². The Bertz CT molecular complexity index is 1040. The summed E-state index contributed by atoms with van der Waals surface area (Å²) in [4.78, 5) is 10.6. The highest BCUT2D eigenvalue weighted by Gasteiger charge is 2.16. The van der Waals surface area contributed by atoms with E-state index in [4.69, 9.17) is 9.84 Å². The minimum absolute atomic E-state index is 0.343. The van der Waals surface area contributed by atoms with Gasteiger partial charge in [-0.15, -0.1) is 0 Å². The molecular formula is C23H23N3O3. The van der Waals surface area contributed by atoms with Crippen molar-refractivity contribution in [1.82, 2.24) is 9.78 Å². The molecule has 2 N–H and O–H groups in total. The molecule has 6 nitrogen and oxygen atoms in total. The third kappa shape index (κ3) is 4.48. The molecule has 29 heavy (non-hydrogen) atoms. The van der Waals surface area contributed by atoms with Gasteiger partial charge in [-0.05, 0) is 54.3 Å². The SMILES string of the molecule is CC1C=Cc2cnn(-c3ccc(NCc4cccc(OCC(=O)O)c4)cc3)c2C1. The molecule has 1 aliphatic rings. The summed E-state index contributed by atoms with van der Waals surface area (Å²) < 4.78 is 7.24. The van der Waals surface area contributed by atoms with Crippen molar-refractivity contribution in [1.29, 1.82) is 0 Å². The van der Waals surface area contributed by atoms with Crippen LogP contribution in [0.25, 0.3) is 11.8 Å². The second kappa shape index (κ2) is 8.22. The second-order valence-corrected chi connectivity index (χ2v) is 7.23. The van der Waals surface area contributed by atoms with Crippen molar-refractivity contribution < 1.29 is 14.6 Å². The molecule has 0 saturated heterocycles. The van der Waals surface area contributed by atoms with Gasteiger partial charge in [0.2, 0.25) is 0 Å². The first-order valence-corrected chi connectivity index (χ1v) is 9.61. The number of anilines is 1. The second-order valence-electron chi connectivity index (χ2n) is 7.23. The normalized spacial score (nSPS) is 15.0. The number of aliphatic carboxylic acids is 1. The van der Waals surface area contributed by atoms with E-state index < -0.39 is 5.97 Å². The Morgan fingerprint density at radius 2 is 2.10 bits per heavy atom. The van der Waals surface area contributed by atoms with Crippen LogP contribution in [0.15, 0.2) is 60.8 Å². The van der Waals surface area contributed by atoms with Crippen molar-refractivity contribution in [3.05, 3.63) is 77.6 Å². The predicted octanol–water partition coefficient (Wildman–Crippen LogP) is 4.15. The highest BCUT2D eigenvalue weighted by atomic mass is 16.5. The molecule has 1 unspecified atom stereocenters. The number of aromatic nitrogens is 2. The highest BCUT2D eigenvalue weighted by Crippen LogP contribution is 2.25. The van der Waals surface area contributed by atoms with Crippen molar-refractivity contribution in [3.8, 4) is 11.4 Å². The Balaban J connectivity index is 1.41. The average molecular weight is 389 g/mol. The molecule has 6 heteroatoms. The molecule has 1 aromatic heterocycles. The van der Waals surface area contributed by atoms with Gasteiger partial charge >= 0.3 is 5.97 Å². The summed E-state index contributed by atoms with van der Waals surface area (Å²) in [7, 11) is 0. The maximum atomic E-state index is 10.6. The smallest absolute Gasteiger partial charge is 0.341 e. The van der Waals surface area contributed by atoms with E-state index in [0.717, 1.165) is 23.4 Å². The lowest BCUT2D eigenvalue weighted by Crippen LogP contribution is -2.10. The molecule has 0 amide bonds. The fourth-order valence-electron chi connectivity index (χ4n) is 3.41. The third-order valence-electron chi connectivity index (χ3n) is 4.89. The van der Waals surface area contributed by atoms with E-state index in [9.17, 15) is 4.79 Å². The van der Waals surface area contributed by atoms with E-state index in [1.54, 1.807) is 6.07 Å². The topological polar surface area (TPSA) is 76.4 Å². The van der Waals surface area contributed by atoms with Crippen molar-refractivity contribution in [3.63, 3.8) is 0 Å². The van der Waals surface area contributed by atoms with E-state index >= 15 is 0 Å². The number of hydrogen-bond acceptors (Lipinski definition) is 4. The molecule has 1 aliphatic carbocycles. The first-order valence-electron chi connectivity index (χ1n) is 9.61. The summed E-state index contributed by atoms with van der Waals surface area (Å²) in [6, 6.07) is 15.6. The Labute approximate surface area is 169 Å². The zero-order valence-electron chi connectivity index (χ0n) is 16.2. The molecule has 0 bridgehead atoms. The fraction of sp³-hybridized carbons (Fsp3) is 0.217. The Morgan fingerprint density at radius 3 is 2.90 bits per heavy atom. The quantitative estimate of drug-likeness (QED) is 0.635. The fourth-order valence-corrected chi connectivity index (χ4v) is 3.41. The van der Waals surface area contributed by atoms with Gasteiger partial charge in [-0.3, -0.25) is 0 Å². The van der Waals surface area contributed by atoms with Crippen LogP contribution < -0.4 is 10.1 Å². The molecule has 4 rings (SSSR count). The number of rotatable bonds is 7. The predicted molar refractivity (Wildman–Crippen MR) is 112 cm³/mol. The summed E-state index contributed by atoms with van der Waals surface area (Å²) in [5, 5.41) is 16.7. The number of benzene rings is 2. The lowest BCUT2D eigenvalue weighted by molar-refractivity contribution is -0.139. The third-order valence-corrected chi connectivity index (χ3v) is 4.89. The first kappa shape index (κ1) is 18.8. The number of carboxylic acids is 1. The monoisotopic (exact) mass is 389 g/mol. The van der Waals surface area contributed by atoms with Gasteiger partial charge in [-0.1, -0.05) is 31.2 Å². The number of nitrogens with zero attached hydrogens (tertiary/aromatic N) is 2. The van der Waals surface area contributed by atoms with Gasteiger partial charge in [0.05, 0.1) is 17.6 Å². The van der Waals surface area contributed by atoms with Crippen LogP contribution >= 0.6 is 0 Å². The van der Waals surface area contributed by atoms with Gasteiger partial charge in [-0.2, -0.15) is 5.10 Å². The molecule has 0 saturated carbocycles. The molecule has 1 heterocycles. The van der Waals surface area contributed by atoms with Gasteiger partial charge in [0.25, 0.3) is 0 Å². The lowest BCUT2D eigenvalue weighted by atomic mass is 9.96. The summed E-state index contributed by atoms with van der Waals surface area (Å²) in [5.41, 5.74) is 5.50. The Kier molecular flexibility index (Phi) is 5.33. The number of allylic oxidation sites excluding steroid dienone is 1. The maximum absolute atomic E-state index is 10.6. The number of carbonyl (C=O) groups is 1. The first-order chi connectivity index (χ1) is 14.1. The Morgan fingerprint density at radius 1 is 1.28 bits per heavy atom. The standard InChI is InChI=1S/C23H23N3O3/c1-16-5-6-18-14-25-26(22(18)11-16)20-9-7-19(8-10-20)24-13-17-3-2-4-21(12-17)29-15-23(27)28/h2-10,12,14,16,24H,11,13,15H2,1H3,(H,27,28). The zero-order chi connectivity index (χ0) is 20.2. The van der Waals surface area contributed by atoms with Crippen molar-refractivity contribution >= 4 is 17.7 Å². The number of hydrogen-bond donors (Lipinski definition) is 2. The van der Waals surface area contributed by atoms with Gasteiger partial charge in [0.15, 0.2) is 6.61 Å². The van der Waals surface area contributed by atoms with Crippen LogP contribution in [0.3, 0.4) is 0 Å². The van der Waals surface area contributed by atoms with Gasteiger partial charge in [0.1, 0.15) is 5.75 Å². The molecular weight excluding hydrogens is 366 g/mol. The molecule has 0 fully saturated rings. The molecule has 2 aromatic carbocycles. The zero-order valence-corrected chi connectivity index (χ0v) is 16.2. The average Bonchev–Trinajstić information content (AvgIpc) is 3.14. The van der Waals surface area contributed by atoms with Gasteiger partial charge < -0.3 is 15.2 Å². The van der Waals surface area contributed by atoms with E-state index in [2.05, 4.69) is 41.6 Å². The molecule has 0 spiro atoms. The summed E-state index contributed by atoms with van der Waals surface area (Å²) >= 11 is 0. The van der Waals surface area contributed by atoms with E-state index in [1.165, 1.54) is 11.3 Å². The van der Waals surface area contributed by atoms with Crippen LogP contribution in [0.5, 0.6) is 5.75 Å². The molecule has 3 aromatic rings. The van der Waals surface area contributed by atoms with Crippen molar-refractivity contribution in [2.24, 2.45) is 5.92 Å². The molecule has 0 radical (unpaired) electrons. The van der Waals surface area contributed by atoms with Crippen LogP contribution in [0.2, 0.25) is 0 Å². The van der Waals surface area contributed by atoms with E-state index in [0.29, 0.717) is 18.2 Å². The summed E-state index contributed by atoms with van der Waals surface area (Å²) in [6.45, 7) is 2.48. The molecule has 148 valence electrons. The number of carboxylic acid groups (broad SMARTS) is 1. The van der Waals surface area contributed by atoms with E-state index in [-0.39, 0.29) is 6.61 Å². The summed E-state index contributed by atoms with van der Waals surface area (Å²) in [6.07, 6.45) is 7.29. The van der Waals surface area contributed by atoms with E-state index in [1.807, 2.05) is 41.2 Å². The minimum Gasteiger partial charge on any atom is -0.482 e. The minimum atomic E-state index is -0.988. The van der Waals surface area contributed by atoms with Crippen LogP contribution in [-0.4, -0.2) is 27.5 Å². The van der Waals surface area contributed by atoms with Crippen LogP contribution in [0, 0.1) is 5.92 Å². The van der Waals surface area contributed by atoms with Crippen LogP contribution in [-0.2, 0) is 17.8 Å². The largest absolute Gasteiger partial charge is 0.482 e. The maximum Gasteiger partial charge on any atom is 0.341 e. The Hall–Kier alpha value is -3.54. The van der Waals surface area contributed by atoms with Crippen LogP contribution in [0.4, 0.5) is 5.69 Å². The van der Waals surface area contributed by atoms with Gasteiger partial charge in [0, 0.05) is 17.8 Å². The van der Waals surface area contributed by atoms with Gasteiger partial charge in [-0.25, -0.2) is 9.48 Å². The van der Waals surface area contributed by atoms with Crippen molar-refractivity contribution in [2.75, 3.05) is 11.9 Å². The lowest BCUT2D eigenvalue weighted by Gasteiger charge is -2.15. The molecule has 1 atom stereocenters. The molecule has 0 aliphatic heterocycles. The summed E-state index contributed by atoms with van der Waals surface area (Å²) in [5.74, 6) is 0.0838. The number of ether oxygens (including phenoxy) is 1. The highest BCUT2D eigenvalue weighted by molar-refractivity contribution is 5.68. The number of nitrogens with one attached hydrogen (secondary N) is 1. The number of fused-ring (bicyclic) bond motifs is 1. The van der Waals surface area contributed by atoms with Crippen LogP contribution in [0.1, 0.15) is 23.7 Å².